The fraction of sp³-hybridized carbons (Fsp3) is 0.0800. The molecule has 2 aromatic carbocycles. The molecule has 0 spiro atoms. The molecule has 0 saturated heterocycles. The predicted octanol–water partition coefficient (Wildman–Crippen LogP) is 3.92. The first-order valence-electron chi connectivity index (χ1n) is 9.25. The van der Waals surface area contributed by atoms with Gasteiger partial charge in [0.1, 0.15) is 0 Å². The van der Waals surface area contributed by atoms with Gasteiger partial charge in [0.15, 0.2) is 0 Å². The minimum absolute atomic E-state index is 0.160. The van der Waals surface area contributed by atoms with Gasteiger partial charge in [0.25, 0.3) is 5.91 Å². The van der Waals surface area contributed by atoms with Crippen molar-refractivity contribution in [2.75, 3.05) is 11.9 Å². The highest BCUT2D eigenvalue weighted by molar-refractivity contribution is 6.36. The van der Waals surface area contributed by atoms with Gasteiger partial charge in [0, 0.05) is 37.0 Å². The van der Waals surface area contributed by atoms with Gasteiger partial charge >= 0.3 is 0 Å². The van der Waals surface area contributed by atoms with Crippen LogP contribution in [0.3, 0.4) is 0 Å². The Morgan fingerprint density at radius 3 is 2.52 bits per heavy atom. The van der Waals surface area contributed by atoms with Crippen molar-refractivity contribution in [3.8, 4) is 11.8 Å². The lowest BCUT2D eigenvalue weighted by Gasteiger charge is -2.26. The molecule has 2 heterocycles. The number of anilines is 1. The van der Waals surface area contributed by atoms with Crippen LogP contribution in [-0.2, 0) is 11.2 Å². The van der Waals surface area contributed by atoms with Crippen LogP contribution in [0.2, 0.25) is 0 Å². The van der Waals surface area contributed by atoms with E-state index in [1.54, 1.807) is 37.7 Å². The average Bonchev–Trinajstić information content (AvgIpc) is 2.76. The van der Waals surface area contributed by atoms with Crippen LogP contribution in [0, 0.1) is 11.8 Å². The first-order chi connectivity index (χ1) is 14.1. The summed E-state index contributed by atoms with van der Waals surface area (Å²) >= 11 is 0. The standard InChI is InChI=1S/C25H18N2O2/c1-27-23-11-10-20(9-5-8-18-12-14-26-15-13-18)16-21(23)24(28)22(25(27)29)17-19-6-3-2-4-7-19/h2-4,6-7,10-17H,8H2,1H3/b22-17+. The van der Waals surface area contributed by atoms with E-state index in [1.807, 2.05) is 48.5 Å². The first-order valence-corrected chi connectivity index (χ1v) is 9.25. The molecule has 1 aliphatic rings. The molecule has 140 valence electrons. The molecule has 0 fully saturated rings. The number of ketones is 1. The highest BCUT2D eigenvalue weighted by Gasteiger charge is 2.32. The van der Waals surface area contributed by atoms with E-state index in [4.69, 9.17) is 0 Å². The van der Waals surface area contributed by atoms with Crippen molar-refractivity contribution in [3.05, 3.63) is 101 Å². The second-order valence-corrected chi connectivity index (χ2v) is 6.73. The second kappa shape index (κ2) is 7.95. The molecule has 1 aromatic heterocycles. The van der Waals surface area contributed by atoms with Crippen LogP contribution in [0.4, 0.5) is 5.69 Å². The molecular weight excluding hydrogens is 360 g/mol. The zero-order chi connectivity index (χ0) is 20.2. The van der Waals surface area contributed by atoms with Crippen LogP contribution in [0.15, 0.2) is 78.6 Å². The minimum Gasteiger partial charge on any atom is -0.311 e. The highest BCUT2D eigenvalue weighted by Crippen LogP contribution is 2.31. The molecule has 0 aliphatic carbocycles. The molecule has 29 heavy (non-hydrogen) atoms. The summed E-state index contributed by atoms with van der Waals surface area (Å²) in [6, 6.07) is 18.6. The molecule has 0 unspecified atom stereocenters. The topological polar surface area (TPSA) is 50.3 Å². The van der Waals surface area contributed by atoms with E-state index in [-0.39, 0.29) is 17.3 Å². The number of nitrogens with zero attached hydrogens (tertiary/aromatic N) is 2. The highest BCUT2D eigenvalue weighted by atomic mass is 16.2. The predicted molar refractivity (Wildman–Crippen MR) is 113 cm³/mol. The van der Waals surface area contributed by atoms with E-state index in [0.29, 0.717) is 17.7 Å². The summed E-state index contributed by atoms with van der Waals surface area (Å²) in [4.78, 5) is 31.3. The Balaban J connectivity index is 1.66. The van der Waals surface area contributed by atoms with Crippen molar-refractivity contribution < 1.29 is 9.59 Å². The van der Waals surface area contributed by atoms with Crippen molar-refractivity contribution in [3.63, 3.8) is 0 Å². The molecule has 3 aromatic rings. The zero-order valence-electron chi connectivity index (χ0n) is 15.9. The summed E-state index contributed by atoms with van der Waals surface area (Å²) < 4.78 is 0. The number of pyridine rings is 1. The van der Waals surface area contributed by atoms with Crippen molar-refractivity contribution >= 4 is 23.5 Å². The molecule has 1 aliphatic heterocycles. The number of hydrogen-bond donors (Lipinski definition) is 0. The maximum atomic E-state index is 13.1. The first kappa shape index (κ1) is 18.4. The molecular formula is C25H18N2O2. The Hall–Kier alpha value is -3.97. The number of likely N-dealkylation sites (N-methyl/N-ethyl adjacent to an activating group) is 1. The molecule has 0 atom stereocenters. The largest absolute Gasteiger partial charge is 0.311 e. The number of carbonyl (C=O) groups is 2. The van der Waals surface area contributed by atoms with Gasteiger partial charge in [0.05, 0.1) is 11.3 Å². The maximum Gasteiger partial charge on any atom is 0.262 e. The monoisotopic (exact) mass is 378 g/mol. The van der Waals surface area contributed by atoms with Crippen LogP contribution in [0.1, 0.15) is 27.0 Å². The van der Waals surface area contributed by atoms with Crippen LogP contribution in [0.25, 0.3) is 6.08 Å². The van der Waals surface area contributed by atoms with E-state index in [9.17, 15) is 9.59 Å². The number of fused-ring (bicyclic) bond motifs is 1. The van der Waals surface area contributed by atoms with Gasteiger partial charge in [-0.2, -0.15) is 0 Å². The lowest BCUT2D eigenvalue weighted by atomic mass is 9.92. The van der Waals surface area contributed by atoms with E-state index >= 15 is 0 Å². The lowest BCUT2D eigenvalue weighted by molar-refractivity contribution is -0.114. The SMILES string of the molecule is CN1C(=O)/C(=C/c2ccccc2)C(=O)c2cc(C#CCc3ccncc3)ccc21. The minimum atomic E-state index is -0.303. The fourth-order valence-electron chi connectivity index (χ4n) is 3.21. The summed E-state index contributed by atoms with van der Waals surface area (Å²) in [6.45, 7) is 0. The van der Waals surface area contributed by atoms with E-state index in [1.165, 1.54) is 4.90 Å². The van der Waals surface area contributed by atoms with Gasteiger partial charge < -0.3 is 4.90 Å². The number of rotatable bonds is 2. The molecule has 4 heteroatoms. The average molecular weight is 378 g/mol. The zero-order valence-corrected chi connectivity index (χ0v) is 15.9. The Morgan fingerprint density at radius 2 is 1.76 bits per heavy atom. The Morgan fingerprint density at radius 1 is 1.00 bits per heavy atom. The van der Waals surface area contributed by atoms with Crippen molar-refractivity contribution in [2.24, 2.45) is 0 Å². The quantitative estimate of drug-likeness (QED) is 0.386. The summed E-state index contributed by atoms with van der Waals surface area (Å²) in [5.41, 5.74) is 3.89. The number of carbonyl (C=O) groups excluding carboxylic acids is 2. The van der Waals surface area contributed by atoms with Gasteiger partial charge in [-0.1, -0.05) is 42.2 Å². The maximum absolute atomic E-state index is 13.1. The van der Waals surface area contributed by atoms with Gasteiger partial charge in [-0.15, -0.1) is 0 Å². The molecule has 0 bridgehead atoms. The molecule has 0 radical (unpaired) electrons. The van der Waals surface area contributed by atoms with Crippen LogP contribution < -0.4 is 4.90 Å². The van der Waals surface area contributed by atoms with Gasteiger partial charge in [0.2, 0.25) is 5.78 Å². The Bertz CT molecular complexity index is 1170. The van der Waals surface area contributed by atoms with Crippen LogP contribution in [-0.4, -0.2) is 23.7 Å². The molecule has 0 N–H and O–H groups in total. The Kier molecular flexibility index (Phi) is 5.05. The van der Waals surface area contributed by atoms with Gasteiger partial charge in [-0.05, 0) is 47.5 Å². The van der Waals surface area contributed by atoms with E-state index in [0.717, 1.165) is 16.7 Å². The second-order valence-electron chi connectivity index (χ2n) is 6.73. The number of amides is 1. The summed E-state index contributed by atoms with van der Waals surface area (Å²) in [5, 5.41) is 0. The molecule has 0 saturated carbocycles. The third kappa shape index (κ3) is 3.85. The summed E-state index contributed by atoms with van der Waals surface area (Å²) in [6.07, 6.45) is 5.72. The molecule has 4 nitrogen and oxygen atoms in total. The van der Waals surface area contributed by atoms with Crippen molar-refractivity contribution in [1.82, 2.24) is 4.98 Å². The smallest absolute Gasteiger partial charge is 0.262 e. The number of Topliss-reactive ketones (excluding diaryl/α,β-unsaturated/α-hetero) is 1. The molecule has 4 rings (SSSR count). The normalized spacial score (nSPS) is 14.4. The van der Waals surface area contributed by atoms with Crippen molar-refractivity contribution in [2.45, 2.75) is 6.42 Å². The summed E-state index contributed by atoms with van der Waals surface area (Å²) in [7, 11) is 1.68. The van der Waals surface area contributed by atoms with E-state index < -0.39 is 0 Å². The van der Waals surface area contributed by atoms with E-state index in [2.05, 4.69) is 16.8 Å². The number of benzene rings is 2. The van der Waals surface area contributed by atoms with Crippen LogP contribution in [0.5, 0.6) is 0 Å². The number of hydrogen-bond acceptors (Lipinski definition) is 3. The molecule has 1 amide bonds. The Labute approximate surface area is 169 Å². The fourth-order valence-corrected chi connectivity index (χ4v) is 3.21. The number of aromatic nitrogens is 1. The van der Waals surface area contributed by atoms with Gasteiger partial charge in [-0.25, -0.2) is 0 Å². The third-order valence-corrected chi connectivity index (χ3v) is 4.77. The van der Waals surface area contributed by atoms with Gasteiger partial charge in [-0.3, -0.25) is 14.6 Å². The van der Waals surface area contributed by atoms with Crippen molar-refractivity contribution in [1.29, 1.82) is 0 Å². The summed E-state index contributed by atoms with van der Waals surface area (Å²) in [5.74, 6) is 5.66. The van der Waals surface area contributed by atoms with Crippen LogP contribution >= 0.6 is 0 Å². The lowest BCUT2D eigenvalue weighted by Crippen LogP contribution is -2.36. The third-order valence-electron chi connectivity index (χ3n) is 4.77.